The van der Waals surface area contributed by atoms with Crippen molar-refractivity contribution in [3.63, 3.8) is 0 Å². The number of carbonyl (C=O) groups is 4. The highest BCUT2D eigenvalue weighted by Gasteiger charge is 2.25. The van der Waals surface area contributed by atoms with Crippen molar-refractivity contribution in [1.29, 1.82) is 0 Å². The van der Waals surface area contributed by atoms with Gasteiger partial charge in [0.25, 0.3) is 17.7 Å². The van der Waals surface area contributed by atoms with Crippen LogP contribution in [0.25, 0.3) is 33.4 Å². The van der Waals surface area contributed by atoms with Crippen molar-refractivity contribution in [2.45, 2.75) is 0 Å². The number of hydrogen-bond donors (Lipinski definition) is 3. The Morgan fingerprint density at radius 2 is 1.74 bits per heavy atom. The van der Waals surface area contributed by atoms with Crippen molar-refractivity contribution in [3.05, 3.63) is 83.2 Å². The van der Waals surface area contributed by atoms with Gasteiger partial charge in [-0.2, -0.15) is 0 Å². The molecule has 0 fully saturated rings. The van der Waals surface area contributed by atoms with Gasteiger partial charge in [0.2, 0.25) is 0 Å². The third-order valence-corrected chi connectivity index (χ3v) is 6.25. The normalized spacial score (nSPS) is 12.9. The molecule has 10 heteroatoms. The van der Waals surface area contributed by atoms with Crippen LogP contribution in [0, 0.1) is 0 Å². The van der Waals surface area contributed by atoms with Gasteiger partial charge in [0.05, 0.1) is 18.7 Å². The topological polar surface area (TPSA) is 158 Å². The maximum atomic E-state index is 12.9. The number of ether oxygens (including phenoxy) is 1. The number of benzene rings is 3. The lowest BCUT2D eigenvalue weighted by Gasteiger charge is -2.18. The SMILES string of the molecule is COC(=O)c1cc(C(=O)NCCN2C(=O)C=CC2=O)ccc1-c1c2ccc(=[NH2+])cc-2oc2cc(N)ccc12. The van der Waals surface area contributed by atoms with Crippen LogP contribution >= 0.6 is 0 Å². The summed E-state index contributed by atoms with van der Waals surface area (Å²) in [5.41, 5.74) is 9.26. The number of hydrogen-bond acceptors (Lipinski definition) is 7. The molecule has 1 aliphatic carbocycles. The van der Waals surface area contributed by atoms with E-state index in [9.17, 15) is 19.2 Å². The van der Waals surface area contributed by atoms with E-state index < -0.39 is 23.7 Å². The zero-order valence-corrected chi connectivity index (χ0v) is 20.3. The van der Waals surface area contributed by atoms with Crippen LogP contribution in [0.1, 0.15) is 20.7 Å². The van der Waals surface area contributed by atoms with Crippen molar-refractivity contribution in [3.8, 4) is 22.5 Å². The summed E-state index contributed by atoms with van der Waals surface area (Å²) in [6.45, 7) is 0.0711. The van der Waals surface area contributed by atoms with Crippen molar-refractivity contribution in [1.82, 2.24) is 10.2 Å². The maximum absolute atomic E-state index is 12.9. The smallest absolute Gasteiger partial charge is 0.338 e. The molecule has 0 aromatic heterocycles. The second-order valence-electron chi connectivity index (χ2n) is 8.66. The molecule has 0 atom stereocenters. The van der Waals surface area contributed by atoms with E-state index >= 15 is 0 Å². The average molecular weight is 512 g/mol. The number of nitrogen functional groups attached to an aromatic ring is 1. The third-order valence-electron chi connectivity index (χ3n) is 6.25. The van der Waals surface area contributed by atoms with E-state index in [2.05, 4.69) is 5.32 Å². The number of amides is 3. The molecule has 2 aromatic carbocycles. The number of anilines is 1. The number of nitrogens with zero attached hydrogens (tertiary/aromatic N) is 1. The Kier molecular flexibility index (Phi) is 6.21. The molecule has 2 heterocycles. The minimum atomic E-state index is -0.637. The molecular formula is C28H23N4O6+. The van der Waals surface area contributed by atoms with Crippen molar-refractivity contribution < 1.29 is 33.7 Å². The number of nitrogens with one attached hydrogen (secondary N) is 1. The molecule has 190 valence electrons. The van der Waals surface area contributed by atoms with E-state index in [1.165, 1.54) is 25.3 Å². The Hall–Kier alpha value is -5.25. The highest BCUT2D eigenvalue weighted by Crippen LogP contribution is 2.41. The summed E-state index contributed by atoms with van der Waals surface area (Å²) in [7, 11) is 1.26. The molecule has 0 unspecified atom stereocenters. The fraction of sp³-hybridized carbons (Fsp3) is 0.107. The lowest BCUT2D eigenvalue weighted by atomic mass is 9.89. The fourth-order valence-corrected chi connectivity index (χ4v) is 4.43. The van der Waals surface area contributed by atoms with Gasteiger partial charge in [0.1, 0.15) is 11.3 Å². The Morgan fingerprint density at radius 1 is 1.00 bits per heavy atom. The number of fused-ring (bicyclic) bond motifs is 2. The van der Waals surface area contributed by atoms with Gasteiger partial charge in [-0.05, 0) is 35.9 Å². The monoisotopic (exact) mass is 511 g/mol. The van der Waals surface area contributed by atoms with Crippen molar-refractivity contribution >= 4 is 40.3 Å². The minimum Gasteiger partial charge on any atom is -0.465 e. The molecule has 5 N–H and O–H groups in total. The van der Waals surface area contributed by atoms with E-state index in [-0.39, 0.29) is 24.2 Å². The summed E-state index contributed by atoms with van der Waals surface area (Å²) in [6.07, 6.45) is 2.36. The number of esters is 1. The first-order chi connectivity index (χ1) is 18.3. The Morgan fingerprint density at radius 3 is 2.47 bits per heavy atom. The summed E-state index contributed by atoms with van der Waals surface area (Å²) in [6, 6.07) is 15.1. The Balaban J connectivity index is 1.56. The van der Waals surface area contributed by atoms with Gasteiger partial charge in [0, 0.05) is 65.1 Å². The molecule has 38 heavy (non-hydrogen) atoms. The van der Waals surface area contributed by atoms with Gasteiger partial charge in [0.15, 0.2) is 5.36 Å². The first-order valence-corrected chi connectivity index (χ1v) is 11.7. The van der Waals surface area contributed by atoms with Crippen molar-refractivity contribution in [2.24, 2.45) is 0 Å². The van der Waals surface area contributed by atoms with E-state index in [0.29, 0.717) is 44.5 Å². The highest BCUT2D eigenvalue weighted by atomic mass is 16.5. The zero-order valence-electron chi connectivity index (χ0n) is 20.3. The summed E-state index contributed by atoms with van der Waals surface area (Å²) in [5, 5.41) is 9.87. The summed E-state index contributed by atoms with van der Waals surface area (Å²) < 4.78 is 11.1. The van der Waals surface area contributed by atoms with E-state index in [4.69, 9.17) is 20.3 Å². The van der Waals surface area contributed by atoms with Crippen LogP contribution < -0.4 is 21.8 Å². The lowest BCUT2D eigenvalue weighted by Crippen LogP contribution is -2.44. The zero-order chi connectivity index (χ0) is 27.0. The first kappa shape index (κ1) is 24.4. The number of carbonyl (C=O) groups excluding carboxylic acids is 4. The summed E-state index contributed by atoms with van der Waals surface area (Å²) >= 11 is 0. The molecule has 3 amide bonds. The average Bonchev–Trinajstić information content (AvgIpc) is 3.23. The van der Waals surface area contributed by atoms with Gasteiger partial charge in [-0.3, -0.25) is 24.7 Å². The van der Waals surface area contributed by atoms with Crippen LogP contribution in [-0.4, -0.2) is 48.8 Å². The lowest BCUT2D eigenvalue weighted by molar-refractivity contribution is -0.172. The van der Waals surface area contributed by atoms with Crippen LogP contribution in [0.4, 0.5) is 5.69 Å². The standard InChI is InChI=1S/C28H22N4O6/c1-37-28(36)21-12-15(27(35)31-10-11-32-24(33)8-9-25(32)34)2-5-18(21)26-19-6-3-16(29)13-22(19)38-23-14-17(30)4-7-20(23)26/h2-9,12-14,29H,10-11,30H2,1H3,(H,31,35)/p+1. The minimum absolute atomic E-state index is 0.0239. The summed E-state index contributed by atoms with van der Waals surface area (Å²) in [5.74, 6) is -1.48. The fourth-order valence-electron chi connectivity index (χ4n) is 4.43. The molecule has 0 spiro atoms. The van der Waals surface area contributed by atoms with Crippen LogP contribution in [0.5, 0.6) is 0 Å². The molecule has 2 aliphatic heterocycles. The first-order valence-electron chi connectivity index (χ1n) is 11.7. The highest BCUT2D eigenvalue weighted by molar-refractivity contribution is 6.13. The molecule has 0 radical (unpaired) electrons. The number of rotatable bonds is 6. The van der Waals surface area contributed by atoms with Gasteiger partial charge in [-0.15, -0.1) is 0 Å². The predicted molar refractivity (Wildman–Crippen MR) is 137 cm³/mol. The number of imide groups is 1. The molecule has 2 aromatic rings. The molecule has 0 bridgehead atoms. The Bertz CT molecular complexity index is 1690. The van der Waals surface area contributed by atoms with Gasteiger partial charge in [-0.1, -0.05) is 6.07 Å². The summed E-state index contributed by atoms with van der Waals surface area (Å²) in [4.78, 5) is 50.3. The number of nitrogens with two attached hydrogens (primary N) is 2. The Labute approximate surface area is 216 Å². The van der Waals surface area contributed by atoms with Crippen molar-refractivity contribution in [2.75, 3.05) is 25.9 Å². The second-order valence-corrected chi connectivity index (χ2v) is 8.66. The van der Waals surface area contributed by atoms with E-state index in [0.717, 1.165) is 4.90 Å². The predicted octanol–water partition coefficient (Wildman–Crippen LogP) is 0.888. The third kappa shape index (κ3) is 4.39. The largest absolute Gasteiger partial charge is 0.465 e. The second kappa shape index (κ2) is 9.66. The van der Waals surface area contributed by atoms with Gasteiger partial charge in [-0.25, -0.2) is 4.79 Å². The van der Waals surface area contributed by atoms with Crippen LogP contribution in [0.2, 0.25) is 0 Å². The van der Waals surface area contributed by atoms with Crippen LogP contribution in [0.3, 0.4) is 0 Å². The quantitative estimate of drug-likeness (QED) is 0.150. The van der Waals surface area contributed by atoms with Crippen LogP contribution in [0.15, 0.2) is 71.2 Å². The number of methoxy groups -OCH3 is 1. The molecular weight excluding hydrogens is 488 g/mol. The molecule has 0 saturated carbocycles. The molecule has 0 saturated heterocycles. The van der Waals surface area contributed by atoms with E-state index in [1.807, 2.05) is 0 Å². The van der Waals surface area contributed by atoms with Gasteiger partial charge < -0.3 is 20.2 Å². The molecule has 10 nitrogen and oxygen atoms in total. The van der Waals surface area contributed by atoms with E-state index in [1.54, 1.807) is 48.5 Å². The van der Waals surface area contributed by atoms with Crippen LogP contribution in [-0.2, 0) is 14.3 Å². The van der Waals surface area contributed by atoms with Gasteiger partial charge >= 0.3 is 5.97 Å². The molecule has 3 aliphatic rings. The molecule has 5 rings (SSSR count). The maximum Gasteiger partial charge on any atom is 0.338 e.